The number of likely N-dealkylation sites (tertiary alicyclic amines) is 1. The maximum Gasteiger partial charge on any atom is 0.311 e. The van der Waals surface area contributed by atoms with Crippen molar-refractivity contribution in [2.45, 2.75) is 57.5 Å². The van der Waals surface area contributed by atoms with E-state index in [-0.39, 0.29) is 18.4 Å². The molecule has 3 N–H and O–H groups in total. The van der Waals surface area contributed by atoms with E-state index >= 15 is 0 Å². The molecule has 1 aliphatic heterocycles. The molecular weight excluding hydrogens is 310 g/mol. The number of amides is 1. The molecule has 0 aromatic carbocycles. The fraction of sp³-hybridized carbons (Fsp3) is 0.750. The molecule has 1 atom stereocenters. The van der Waals surface area contributed by atoms with Gasteiger partial charge in [-0.05, 0) is 32.6 Å². The Kier molecular flexibility index (Phi) is 5.13. The van der Waals surface area contributed by atoms with Crippen molar-refractivity contribution in [3.05, 3.63) is 11.6 Å². The number of carbonyl (C=O) groups is 2. The van der Waals surface area contributed by atoms with Gasteiger partial charge in [0.1, 0.15) is 12.2 Å². The Labute approximate surface area is 141 Å². The van der Waals surface area contributed by atoms with Crippen molar-refractivity contribution in [2.24, 2.45) is 5.92 Å². The van der Waals surface area contributed by atoms with Gasteiger partial charge in [-0.3, -0.25) is 14.7 Å². The van der Waals surface area contributed by atoms with Gasteiger partial charge in [-0.1, -0.05) is 6.42 Å². The van der Waals surface area contributed by atoms with E-state index in [9.17, 15) is 9.59 Å². The third-order valence-electron chi connectivity index (χ3n) is 5.00. The highest BCUT2D eigenvalue weighted by molar-refractivity contribution is 5.79. The summed E-state index contributed by atoms with van der Waals surface area (Å²) >= 11 is 0. The molecule has 1 saturated heterocycles. The summed E-state index contributed by atoms with van der Waals surface area (Å²) in [5.74, 6) is 0.627. The molecular formula is C16H25N5O3. The minimum Gasteiger partial charge on any atom is -0.481 e. The number of aromatic amines is 1. The molecule has 0 radical (unpaired) electrons. The predicted octanol–water partition coefficient (Wildman–Crippen LogP) is 0.874. The van der Waals surface area contributed by atoms with Gasteiger partial charge in [0, 0.05) is 25.0 Å². The predicted molar refractivity (Wildman–Crippen MR) is 86.2 cm³/mol. The van der Waals surface area contributed by atoms with E-state index < -0.39 is 5.97 Å². The van der Waals surface area contributed by atoms with Crippen LogP contribution in [-0.2, 0) is 16.0 Å². The van der Waals surface area contributed by atoms with Crippen LogP contribution in [0, 0.1) is 5.92 Å². The lowest BCUT2D eigenvalue weighted by molar-refractivity contribution is -0.139. The first kappa shape index (κ1) is 16.9. The van der Waals surface area contributed by atoms with Gasteiger partial charge in [-0.25, -0.2) is 4.98 Å². The van der Waals surface area contributed by atoms with Crippen molar-refractivity contribution in [1.29, 1.82) is 0 Å². The zero-order valence-corrected chi connectivity index (χ0v) is 14.0. The molecule has 0 bridgehead atoms. The molecule has 8 nitrogen and oxygen atoms in total. The second-order valence-electron chi connectivity index (χ2n) is 6.83. The highest BCUT2D eigenvalue weighted by Crippen LogP contribution is 2.29. The molecule has 1 aromatic rings. The first-order valence-corrected chi connectivity index (χ1v) is 8.70. The first-order chi connectivity index (χ1) is 11.5. The number of H-pyrrole nitrogens is 1. The number of nitrogens with zero attached hydrogens (tertiary/aromatic N) is 3. The molecule has 3 rings (SSSR count). The van der Waals surface area contributed by atoms with Gasteiger partial charge in [0.2, 0.25) is 5.91 Å². The Morgan fingerprint density at radius 3 is 2.62 bits per heavy atom. The van der Waals surface area contributed by atoms with E-state index in [4.69, 9.17) is 5.11 Å². The van der Waals surface area contributed by atoms with Crippen molar-refractivity contribution in [2.75, 3.05) is 13.1 Å². The molecule has 8 heteroatoms. The molecule has 1 unspecified atom stereocenters. The number of carboxylic acids is 1. The summed E-state index contributed by atoms with van der Waals surface area (Å²) in [7, 11) is 0. The number of aliphatic carboxylic acids is 1. The molecule has 2 aliphatic rings. The highest BCUT2D eigenvalue weighted by atomic mass is 16.4. The summed E-state index contributed by atoms with van der Waals surface area (Å²) in [6.07, 6.45) is 4.99. The fourth-order valence-electron chi connectivity index (χ4n) is 3.33. The molecule has 132 valence electrons. The van der Waals surface area contributed by atoms with Crippen LogP contribution >= 0.6 is 0 Å². The van der Waals surface area contributed by atoms with Crippen LogP contribution in [0.15, 0.2) is 0 Å². The second kappa shape index (κ2) is 7.29. The maximum atomic E-state index is 12.3. The lowest BCUT2D eigenvalue weighted by atomic mass is 9.84. The molecule has 1 amide bonds. The van der Waals surface area contributed by atoms with E-state index in [1.165, 1.54) is 6.42 Å². The topological polar surface area (TPSA) is 111 Å². The van der Waals surface area contributed by atoms with Crippen LogP contribution in [0.3, 0.4) is 0 Å². The summed E-state index contributed by atoms with van der Waals surface area (Å²) in [5.41, 5.74) is 0. The van der Waals surface area contributed by atoms with Gasteiger partial charge >= 0.3 is 5.97 Å². The van der Waals surface area contributed by atoms with Crippen LogP contribution in [0.4, 0.5) is 0 Å². The van der Waals surface area contributed by atoms with Gasteiger partial charge in [0.15, 0.2) is 5.82 Å². The third-order valence-corrected chi connectivity index (χ3v) is 5.00. The van der Waals surface area contributed by atoms with Crippen molar-refractivity contribution in [1.82, 2.24) is 25.4 Å². The van der Waals surface area contributed by atoms with Gasteiger partial charge in [-0.15, -0.1) is 0 Å². The normalized spacial score (nSPS) is 20.6. The second-order valence-corrected chi connectivity index (χ2v) is 6.83. The summed E-state index contributed by atoms with van der Waals surface area (Å²) in [6, 6.07) is 0.273. The number of nitrogens with one attached hydrogen (secondary N) is 2. The van der Waals surface area contributed by atoms with E-state index in [1.54, 1.807) is 0 Å². The van der Waals surface area contributed by atoms with Gasteiger partial charge in [0.25, 0.3) is 0 Å². The number of aromatic nitrogens is 3. The molecule has 1 saturated carbocycles. The van der Waals surface area contributed by atoms with Crippen molar-refractivity contribution < 1.29 is 14.7 Å². The Bertz CT molecular complexity index is 590. The number of hydrogen-bond acceptors (Lipinski definition) is 5. The zero-order chi connectivity index (χ0) is 17.1. The average molecular weight is 335 g/mol. The zero-order valence-electron chi connectivity index (χ0n) is 14.0. The largest absolute Gasteiger partial charge is 0.481 e. The third kappa shape index (κ3) is 3.92. The monoisotopic (exact) mass is 335 g/mol. The van der Waals surface area contributed by atoms with Crippen molar-refractivity contribution in [3.63, 3.8) is 0 Å². The summed E-state index contributed by atoms with van der Waals surface area (Å²) in [6.45, 7) is 3.58. The SMILES string of the molecule is CC(NC1CCN(C(=O)C2CCC2)CC1)c1n[nH]c(CC(=O)O)n1. The molecule has 1 aromatic heterocycles. The average Bonchev–Trinajstić information content (AvgIpc) is 2.94. The maximum absolute atomic E-state index is 12.3. The Morgan fingerprint density at radius 1 is 1.33 bits per heavy atom. The lowest BCUT2D eigenvalue weighted by Crippen LogP contribution is -2.48. The first-order valence-electron chi connectivity index (χ1n) is 8.70. The number of hydrogen-bond donors (Lipinski definition) is 3. The lowest BCUT2D eigenvalue weighted by Gasteiger charge is -2.37. The number of carbonyl (C=O) groups excluding carboxylic acids is 1. The highest BCUT2D eigenvalue weighted by Gasteiger charge is 2.32. The van der Waals surface area contributed by atoms with Crippen LogP contribution in [0.2, 0.25) is 0 Å². The standard InChI is InChI=1S/C16H25N5O3/c1-10(15-18-13(19-20-15)9-14(22)23)17-12-5-7-21(8-6-12)16(24)11-3-2-4-11/h10-12,17H,2-9H2,1H3,(H,22,23)(H,18,19,20). The molecule has 0 spiro atoms. The number of piperidine rings is 1. The molecule has 1 aliphatic carbocycles. The minimum atomic E-state index is -0.929. The van der Waals surface area contributed by atoms with Gasteiger partial charge in [-0.2, -0.15) is 5.10 Å². The fourth-order valence-corrected chi connectivity index (χ4v) is 3.33. The Hall–Kier alpha value is -1.96. The molecule has 2 heterocycles. The summed E-state index contributed by atoms with van der Waals surface area (Å²) in [4.78, 5) is 29.2. The Morgan fingerprint density at radius 2 is 2.04 bits per heavy atom. The van der Waals surface area contributed by atoms with E-state index in [1.807, 2.05) is 11.8 Å². The van der Waals surface area contributed by atoms with Crippen LogP contribution in [0.25, 0.3) is 0 Å². The van der Waals surface area contributed by atoms with Crippen LogP contribution in [0.1, 0.15) is 56.7 Å². The van der Waals surface area contributed by atoms with Crippen molar-refractivity contribution in [3.8, 4) is 0 Å². The number of carboxylic acid groups (broad SMARTS) is 1. The van der Waals surface area contributed by atoms with E-state index in [0.717, 1.165) is 38.8 Å². The number of rotatable bonds is 6. The Balaban J connectivity index is 1.45. The van der Waals surface area contributed by atoms with E-state index in [0.29, 0.717) is 23.6 Å². The van der Waals surface area contributed by atoms with Crippen molar-refractivity contribution >= 4 is 11.9 Å². The molecule has 2 fully saturated rings. The van der Waals surface area contributed by atoms with Gasteiger partial charge < -0.3 is 15.3 Å². The van der Waals surface area contributed by atoms with Crippen LogP contribution in [0.5, 0.6) is 0 Å². The van der Waals surface area contributed by atoms with Crippen LogP contribution < -0.4 is 5.32 Å². The van der Waals surface area contributed by atoms with Crippen LogP contribution in [-0.4, -0.2) is 56.2 Å². The minimum absolute atomic E-state index is 0.0531. The quantitative estimate of drug-likeness (QED) is 0.711. The smallest absolute Gasteiger partial charge is 0.311 e. The van der Waals surface area contributed by atoms with E-state index in [2.05, 4.69) is 20.5 Å². The summed E-state index contributed by atoms with van der Waals surface area (Å²) < 4.78 is 0. The summed E-state index contributed by atoms with van der Waals surface area (Å²) in [5, 5.41) is 19.0. The molecule has 24 heavy (non-hydrogen) atoms. The van der Waals surface area contributed by atoms with Gasteiger partial charge in [0.05, 0.1) is 6.04 Å².